The van der Waals surface area contributed by atoms with E-state index < -0.39 is 11.6 Å². The minimum Gasteiger partial charge on any atom is -0.341 e. The van der Waals surface area contributed by atoms with Crippen LogP contribution < -0.4 is 0 Å². The van der Waals surface area contributed by atoms with Crippen molar-refractivity contribution >= 4 is 0 Å². The molecule has 0 amide bonds. The van der Waals surface area contributed by atoms with Gasteiger partial charge < -0.3 is 14.9 Å². The van der Waals surface area contributed by atoms with Crippen LogP contribution in [0.3, 0.4) is 0 Å². The lowest BCUT2D eigenvalue weighted by molar-refractivity contribution is -0.152. The molecule has 0 radical (unpaired) electrons. The van der Waals surface area contributed by atoms with Crippen LogP contribution in [-0.2, 0) is 4.74 Å². The first kappa shape index (κ1) is 38.9. The van der Waals surface area contributed by atoms with E-state index in [1.807, 2.05) is 0 Å². The predicted octanol–water partition coefficient (Wildman–Crippen LogP) is 12.7. The summed E-state index contributed by atoms with van der Waals surface area (Å²) in [5, 5.41) is 20.3. The Bertz CT molecular complexity index is 496. The van der Waals surface area contributed by atoms with Gasteiger partial charge in [0.1, 0.15) is 0 Å². The second-order valence-electron chi connectivity index (χ2n) is 13.8. The molecule has 1 rings (SSSR count). The summed E-state index contributed by atoms with van der Waals surface area (Å²) < 4.78 is 5.45. The Morgan fingerprint density at radius 2 is 0.488 bits per heavy atom. The molecule has 0 unspecified atom stereocenters. The molecular weight excluding hydrogens is 504 g/mol. The number of aliphatic hydroxyl groups is 2. The van der Waals surface area contributed by atoms with Crippen molar-refractivity contribution in [1.29, 1.82) is 0 Å². The molecule has 0 aromatic carbocycles. The van der Waals surface area contributed by atoms with Crippen molar-refractivity contribution in [3.8, 4) is 0 Å². The van der Waals surface area contributed by atoms with Gasteiger partial charge in [-0.25, -0.2) is 0 Å². The number of rotatable bonds is 34. The van der Waals surface area contributed by atoms with E-state index >= 15 is 0 Å². The van der Waals surface area contributed by atoms with Crippen LogP contribution in [0.1, 0.15) is 232 Å². The van der Waals surface area contributed by atoms with E-state index in [0.29, 0.717) is 0 Å². The van der Waals surface area contributed by atoms with Crippen LogP contribution in [0.2, 0.25) is 0 Å². The Morgan fingerprint density at radius 3 is 0.659 bits per heavy atom. The molecular formula is C38H76O3. The Labute approximate surface area is 258 Å². The number of ether oxygens (including phenoxy) is 1. The van der Waals surface area contributed by atoms with Gasteiger partial charge in [0.15, 0.2) is 5.60 Å². The zero-order valence-electron chi connectivity index (χ0n) is 28.3. The van der Waals surface area contributed by atoms with Gasteiger partial charge in [-0.05, 0) is 12.8 Å². The molecule has 246 valence electrons. The van der Waals surface area contributed by atoms with Crippen LogP contribution in [0.5, 0.6) is 0 Å². The average molecular weight is 581 g/mol. The molecule has 1 aliphatic rings. The van der Waals surface area contributed by atoms with Gasteiger partial charge >= 0.3 is 5.97 Å². The van der Waals surface area contributed by atoms with E-state index in [9.17, 15) is 10.2 Å². The molecule has 2 N–H and O–H groups in total. The van der Waals surface area contributed by atoms with Crippen molar-refractivity contribution in [3.63, 3.8) is 0 Å². The third-order valence-electron chi connectivity index (χ3n) is 9.76. The molecule has 0 aromatic heterocycles. The minimum absolute atomic E-state index is 0.668. The Balaban J connectivity index is 1.85. The number of epoxide rings is 1. The summed E-state index contributed by atoms with van der Waals surface area (Å²) in [6.07, 6.45) is 45.2. The van der Waals surface area contributed by atoms with Gasteiger partial charge in [0.25, 0.3) is 0 Å². The number of hydrogen-bond acceptors (Lipinski definition) is 3. The number of unbranched alkanes of at least 4 members (excludes halogenated alkanes) is 30. The van der Waals surface area contributed by atoms with E-state index in [-0.39, 0.29) is 0 Å². The first-order valence-corrected chi connectivity index (χ1v) is 19.2. The first-order chi connectivity index (χ1) is 20.1. The van der Waals surface area contributed by atoms with Crippen LogP contribution in [0.25, 0.3) is 0 Å². The second-order valence-corrected chi connectivity index (χ2v) is 13.8. The maximum absolute atomic E-state index is 10.1. The van der Waals surface area contributed by atoms with E-state index in [2.05, 4.69) is 13.8 Å². The molecule has 1 fully saturated rings. The molecule has 0 bridgehead atoms. The van der Waals surface area contributed by atoms with Gasteiger partial charge in [-0.2, -0.15) is 0 Å². The minimum atomic E-state index is -1.86. The summed E-state index contributed by atoms with van der Waals surface area (Å²) in [7, 11) is 0. The summed E-state index contributed by atoms with van der Waals surface area (Å²) in [5.41, 5.74) is -0.668. The van der Waals surface area contributed by atoms with E-state index in [0.717, 1.165) is 25.7 Å². The van der Waals surface area contributed by atoms with Crippen molar-refractivity contribution in [2.45, 2.75) is 244 Å². The van der Waals surface area contributed by atoms with Crippen LogP contribution in [0.15, 0.2) is 0 Å². The summed E-state index contributed by atoms with van der Waals surface area (Å²) in [6.45, 7) is 4.58. The first-order valence-electron chi connectivity index (χ1n) is 19.2. The lowest BCUT2D eigenvalue weighted by Gasteiger charge is -2.13. The second kappa shape index (κ2) is 27.4. The molecule has 0 saturated carbocycles. The Kier molecular flexibility index (Phi) is 26.0. The third kappa shape index (κ3) is 22.1. The monoisotopic (exact) mass is 581 g/mol. The summed E-state index contributed by atoms with van der Waals surface area (Å²) in [6, 6.07) is 0. The zero-order valence-corrected chi connectivity index (χ0v) is 28.3. The lowest BCUT2D eigenvalue weighted by Crippen LogP contribution is -2.25. The Morgan fingerprint density at radius 1 is 0.317 bits per heavy atom. The van der Waals surface area contributed by atoms with Crippen LogP contribution in [0.4, 0.5) is 0 Å². The highest BCUT2D eigenvalue weighted by Gasteiger charge is 2.68. The van der Waals surface area contributed by atoms with Gasteiger partial charge in [-0.1, -0.05) is 219 Å². The molecule has 0 aromatic rings. The topological polar surface area (TPSA) is 53.0 Å². The maximum atomic E-state index is 10.1. The molecule has 1 heterocycles. The van der Waals surface area contributed by atoms with E-state index in [4.69, 9.17) is 4.74 Å². The lowest BCUT2D eigenvalue weighted by atomic mass is 9.92. The summed E-state index contributed by atoms with van der Waals surface area (Å²) in [4.78, 5) is 0. The zero-order chi connectivity index (χ0) is 29.7. The van der Waals surface area contributed by atoms with Gasteiger partial charge in [0, 0.05) is 0 Å². The standard InChI is InChI=1S/C38H76O3/c1-3-5-7-9-11-13-15-17-19-21-23-25-27-29-31-33-35-37(38(39,40)41-37)36-34-32-30-28-26-24-22-20-18-16-14-12-10-8-6-4-2/h39-40H,3-36H2,1-2H3. The predicted molar refractivity (Wildman–Crippen MR) is 179 cm³/mol. The van der Waals surface area contributed by atoms with Crippen molar-refractivity contribution in [2.75, 3.05) is 0 Å². The molecule has 41 heavy (non-hydrogen) atoms. The van der Waals surface area contributed by atoms with Crippen molar-refractivity contribution in [2.24, 2.45) is 0 Å². The quantitative estimate of drug-likeness (QED) is 0.0452. The van der Waals surface area contributed by atoms with Crippen molar-refractivity contribution in [1.82, 2.24) is 0 Å². The fourth-order valence-corrected chi connectivity index (χ4v) is 6.72. The highest BCUT2D eigenvalue weighted by Crippen LogP contribution is 2.51. The average Bonchev–Trinajstić information content (AvgIpc) is 3.51. The van der Waals surface area contributed by atoms with Crippen molar-refractivity contribution < 1.29 is 14.9 Å². The molecule has 1 saturated heterocycles. The SMILES string of the molecule is CCCCCCCCCCCCCCCCCCC1(CCCCCCCCCCCCCCCCCC)OC1(O)O. The van der Waals surface area contributed by atoms with Crippen molar-refractivity contribution in [3.05, 3.63) is 0 Å². The molecule has 0 spiro atoms. The molecule has 0 atom stereocenters. The highest BCUT2D eigenvalue weighted by molar-refractivity contribution is 5.01. The van der Waals surface area contributed by atoms with Gasteiger partial charge in [0.2, 0.25) is 0 Å². The third-order valence-corrected chi connectivity index (χ3v) is 9.76. The normalized spacial score (nSPS) is 15.5. The van der Waals surface area contributed by atoms with Gasteiger partial charge in [0.05, 0.1) is 0 Å². The summed E-state index contributed by atoms with van der Waals surface area (Å²) in [5.74, 6) is -1.86. The molecule has 0 aliphatic carbocycles. The Hall–Kier alpha value is -0.120. The fraction of sp³-hybridized carbons (Fsp3) is 1.00. The van der Waals surface area contributed by atoms with Crippen LogP contribution in [0, 0.1) is 0 Å². The summed E-state index contributed by atoms with van der Waals surface area (Å²) >= 11 is 0. The molecule has 3 heteroatoms. The van der Waals surface area contributed by atoms with Crippen LogP contribution >= 0.6 is 0 Å². The van der Waals surface area contributed by atoms with Crippen LogP contribution in [-0.4, -0.2) is 21.8 Å². The van der Waals surface area contributed by atoms with E-state index in [1.54, 1.807) is 0 Å². The van der Waals surface area contributed by atoms with E-state index in [1.165, 1.54) is 193 Å². The van der Waals surface area contributed by atoms with Gasteiger partial charge in [-0.15, -0.1) is 0 Å². The largest absolute Gasteiger partial charge is 0.341 e. The number of hydrogen-bond donors (Lipinski definition) is 2. The molecule has 3 nitrogen and oxygen atoms in total. The van der Waals surface area contributed by atoms with Gasteiger partial charge in [-0.3, -0.25) is 0 Å². The smallest absolute Gasteiger partial charge is 0.309 e. The fourth-order valence-electron chi connectivity index (χ4n) is 6.72. The highest BCUT2D eigenvalue weighted by atomic mass is 16.9. The maximum Gasteiger partial charge on any atom is 0.309 e. The molecule has 1 aliphatic heterocycles.